The van der Waals surface area contributed by atoms with Gasteiger partial charge in [0.2, 0.25) is 0 Å². The van der Waals surface area contributed by atoms with Crippen molar-refractivity contribution in [1.82, 2.24) is 0 Å². The molecule has 0 aliphatic heterocycles. The maximum absolute atomic E-state index is 10.2. The first-order valence-electron chi connectivity index (χ1n) is 4.46. The first-order valence-corrected chi connectivity index (χ1v) is 6.82. The number of hydrogen-bond donors (Lipinski definition) is 1. The molecule has 0 fully saturated rings. The fourth-order valence-electron chi connectivity index (χ4n) is 1.35. The second-order valence-corrected chi connectivity index (χ2v) is 6.25. The summed E-state index contributed by atoms with van der Waals surface area (Å²) in [6.07, 6.45) is -0.677. The third-order valence-corrected chi connectivity index (χ3v) is 4.33. The minimum absolute atomic E-state index is 0.632. The van der Waals surface area contributed by atoms with E-state index in [2.05, 4.69) is 15.9 Å². The molecule has 1 atom stereocenters. The van der Waals surface area contributed by atoms with Gasteiger partial charge in [-0.15, -0.1) is 11.3 Å². The van der Waals surface area contributed by atoms with Crippen LogP contribution in [0.5, 0.6) is 0 Å². The molecule has 0 spiro atoms. The average Bonchev–Trinajstić information content (AvgIpc) is 2.64. The lowest BCUT2D eigenvalue weighted by atomic mass is 10.1. The van der Waals surface area contributed by atoms with Crippen LogP contribution in [0.2, 0.25) is 9.36 Å². The van der Waals surface area contributed by atoms with Crippen molar-refractivity contribution < 1.29 is 5.11 Å². The lowest BCUT2D eigenvalue weighted by molar-refractivity contribution is 0.223. The number of aliphatic hydroxyl groups excluding tert-OH is 1. The van der Waals surface area contributed by atoms with Crippen LogP contribution in [0.25, 0.3) is 0 Å². The van der Waals surface area contributed by atoms with Crippen LogP contribution in [-0.4, -0.2) is 5.11 Å². The van der Waals surface area contributed by atoms with Crippen LogP contribution >= 0.6 is 50.5 Å². The van der Waals surface area contributed by atoms with E-state index in [1.807, 2.05) is 6.07 Å². The van der Waals surface area contributed by atoms with E-state index in [1.165, 1.54) is 11.3 Å². The smallest absolute Gasteiger partial charge is 0.114 e. The molecule has 0 bridgehead atoms. The summed E-state index contributed by atoms with van der Waals surface area (Å²) in [5.74, 6) is 0. The lowest BCUT2D eigenvalue weighted by Gasteiger charge is -2.11. The van der Waals surface area contributed by atoms with Gasteiger partial charge in [0.1, 0.15) is 6.10 Å². The highest BCUT2D eigenvalue weighted by molar-refractivity contribution is 9.10. The molecular formula is C11H7BrCl2OS. The van der Waals surface area contributed by atoms with Crippen molar-refractivity contribution in [2.75, 3.05) is 0 Å². The maximum Gasteiger partial charge on any atom is 0.114 e. The van der Waals surface area contributed by atoms with Crippen molar-refractivity contribution in [3.63, 3.8) is 0 Å². The Morgan fingerprint density at radius 2 is 1.94 bits per heavy atom. The number of aliphatic hydroxyl groups is 1. The molecule has 0 saturated carbocycles. The van der Waals surface area contributed by atoms with Crippen LogP contribution in [0, 0.1) is 0 Å². The van der Waals surface area contributed by atoms with Gasteiger partial charge >= 0.3 is 0 Å². The van der Waals surface area contributed by atoms with Gasteiger partial charge in [-0.1, -0.05) is 45.2 Å². The lowest BCUT2D eigenvalue weighted by Crippen LogP contribution is -1.97. The number of thiophene rings is 1. The summed E-state index contributed by atoms with van der Waals surface area (Å²) in [4.78, 5) is 0.813. The van der Waals surface area contributed by atoms with E-state index in [-0.39, 0.29) is 0 Å². The van der Waals surface area contributed by atoms with Gasteiger partial charge in [-0.25, -0.2) is 0 Å². The molecule has 84 valence electrons. The van der Waals surface area contributed by atoms with E-state index < -0.39 is 6.10 Å². The van der Waals surface area contributed by atoms with Crippen LogP contribution in [0.1, 0.15) is 16.5 Å². The molecule has 1 heterocycles. The Balaban J connectivity index is 2.37. The number of rotatable bonds is 2. The molecule has 0 radical (unpaired) electrons. The zero-order valence-corrected chi connectivity index (χ0v) is 11.9. The van der Waals surface area contributed by atoms with Crippen LogP contribution in [0.15, 0.2) is 34.8 Å². The molecule has 0 amide bonds. The summed E-state index contributed by atoms with van der Waals surface area (Å²) in [7, 11) is 0. The summed E-state index contributed by atoms with van der Waals surface area (Å²) >= 11 is 16.4. The summed E-state index contributed by atoms with van der Waals surface area (Å²) in [6.45, 7) is 0. The summed E-state index contributed by atoms with van der Waals surface area (Å²) in [6, 6.07) is 8.90. The highest BCUT2D eigenvalue weighted by atomic mass is 79.9. The van der Waals surface area contributed by atoms with Gasteiger partial charge < -0.3 is 5.11 Å². The maximum atomic E-state index is 10.2. The standard InChI is InChI=1S/C11H7BrCl2OS/c12-8-5-6(13)1-2-7(8)11(15)9-3-4-10(14)16-9/h1-5,11,15H. The molecule has 2 aromatic rings. The highest BCUT2D eigenvalue weighted by Crippen LogP contribution is 2.35. The van der Waals surface area contributed by atoms with E-state index in [0.29, 0.717) is 9.36 Å². The van der Waals surface area contributed by atoms with Crippen molar-refractivity contribution in [3.8, 4) is 0 Å². The van der Waals surface area contributed by atoms with Gasteiger partial charge in [0.25, 0.3) is 0 Å². The Morgan fingerprint density at radius 1 is 1.19 bits per heavy atom. The fraction of sp³-hybridized carbons (Fsp3) is 0.0909. The molecule has 0 aliphatic rings. The summed E-state index contributed by atoms with van der Waals surface area (Å²) in [5.41, 5.74) is 0.780. The van der Waals surface area contributed by atoms with Crippen molar-refractivity contribution in [3.05, 3.63) is 54.6 Å². The molecule has 0 saturated heterocycles. The van der Waals surface area contributed by atoms with Crippen LogP contribution in [0.3, 0.4) is 0 Å². The predicted molar refractivity (Wildman–Crippen MR) is 72.5 cm³/mol. The highest BCUT2D eigenvalue weighted by Gasteiger charge is 2.15. The Labute approximate surface area is 116 Å². The van der Waals surface area contributed by atoms with E-state index in [0.717, 1.165) is 14.9 Å². The van der Waals surface area contributed by atoms with Crippen LogP contribution < -0.4 is 0 Å². The normalized spacial score (nSPS) is 12.8. The van der Waals surface area contributed by atoms with Crippen molar-refractivity contribution in [2.45, 2.75) is 6.10 Å². The van der Waals surface area contributed by atoms with Gasteiger partial charge in [-0.2, -0.15) is 0 Å². The first kappa shape index (κ1) is 12.4. The monoisotopic (exact) mass is 336 g/mol. The molecule has 1 N–H and O–H groups in total. The van der Waals surface area contributed by atoms with Gasteiger partial charge in [0, 0.05) is 19.9 Å². The van der Waals surface area contributed by atoms with Crippen molar-refractivity contribution >= 4 is 50.5 Å². The quantitative estimate of drug-likeness (QED) is 0.826. The van der Waals surface area contributed by atoms with Crippen molar-refractivity contribution in [1.29, 1.82) is 0 Å². The second-order valence-electron chi connectivity index (χ2n) is 3.21. The minimum Gasteiger partial charge on any atom is -0.383 e. The Kier molecular flexibility index (Phi) is 3.93. The molecule has 16 heavy (non-hydrogen) atoms. The van der Waals surface area contributed by atoms with Crippen LogP contribution in [-0.2, 0) is 0 Å². The predicted octanol–water partition coefficient (Wildman–Crippen LogP) is 4.90. The average molecular weight is 338 g/mol. The Bertz CT molecular complexity index is 512. The van der Waals surface area contributed by atoms with Gasteiger partial charge in [-0.05, 0) is 24.3 Å². The van der Waals surface area contributed by atoms with Gasteiger partial charge in [0.05, 0.1) is 4.34 Å². The topological polar surface area (TPSA) is 20.2 Å². The Hall–Kier alpha value is -0.0600. The van der Waals surface area contributed by atoms with Crippen LogP contribution in [0.4, 0.5) is 0 Å². The molecule has 1 unspecified atom stereocenters. The number of halogens is 3. The third kappa shape index (κ3) is 2.60. The van der Waals surface area contributed by atoms with Gasteiger partial charge in [-0.3, -0.25) is 0 Å². The summed E-state index contributed by atoms with van der Waals surface area (Å²) in [5, 5.41) is 10.8. The number of hydrogen-bond acceptors (Lipinski definition) is 2. The van der Waals surface area contributed by atoms with E-state index in [4.69, 9.17) is 23.2 Å². The van der Waals surface area contributed by atoms with Gasteiger partial charge in [0.15, 0.2) is 0 Å². The minimum atomic E-state index is -0.677. The molecule has 1 nitrogen and oxygen atoms in total. The zero-order valence-electron chi connectivity index (χ0n) is 7.95. The molecule has 1 aromatic heterocycles. The van der Waals surface area contributed by atoms with E-state index in [1.54, 1.807) is 24.3 Å². The molecular weight excluding hydrogens is 331 g/mol. The largest absolute Gasteiger partial charge is 0.383 e. The zero-order chi connectivity index (χ0) is 11.7. The van der Waals surface area contributed by atoms with E-state index >= 15 is 0 Å². The SMILES string of the molecule is OC(c1ccc(Cl)s1)c1ccc(Cl)cc1Br. The van der Waals surface area contributed by atoms with Crippen molar-refractivity contribution in [2.24, 2.45) is 0 Å². The Morgan fingerprint density at radius 3 is 2.50 bits per heavy atom. The summed E-state index contributed by atoms with van der Waals surface area (Å²) < 4.78 is 1.45. The van der Waals surface area contributed by atoms with E-state index in [9.17, 15) is 5.11 Å². The molecule has 1 aromatic carbocycles. The molecule has 0 aliphatic carbocycles. The first-order chi connectivity index (χ1) is 7.58. The third-order valence-electron chi connectivity index (χ3n) is 2.12. The molecule has 5 heteroatoms. The fourth-order valence-corrected chi connectivity index (χ4v) is 3.32. The second kappa shape index (κ2) is 5.07. The molecule has 2 rings (SSSR count). The number of benzene rings is 1.